The maximum atomic E-state index is 12.5. The fraction of sp³-hybridized carbons (Fsp3) is 0.455. The van der Waals surface area contributed by atoms with E-state index in [0.29, 0.717) is 6.42 Å². The first-order valence-electron chi connectivity index (χ1n) is 5.03. The Kier molecular flexibility index (Phi) is 4.68. The summed E-state index contributed by atoms with van der Waals surface area (Å²) in [5.41, 5.74) is -0.222. The molecule has 6 heteroatoms. The number of allylic oxidation sites excluding steroid dienone is 2. The van der Waals surface area contributed by atoms with Crippen molar-refractivity contribution >= 4 is 11.9 Å². The highest BCUT2D eigenvalue weighted by molar-refractivity contribution is 6.14. The Hall–Kier alpha value is -1.85. The predicted molar refractivity (Wildman–Crippen MR) is 57.7 cm³/mol. The lowest BCUT2D eigenvalue weighted by Gasteiger charge is -2.01. The van der Waals surface area contributed by atoms with Crippen molar-refractivity contribution in [2.24, 2.45) is 0 Å². The topological polar surface area (TPSA) is 64.6 Å². The van der Waals surface area contributed by atoms with Gasteiger partial charge in [-0.15, -0.1) is 0 Å². The zero-order valence-electron chi connectivity index (χ0n) is 9.60. The summed E-state index contributed by atoms with van der Waals surface area (Å²) in [6, 6.07) is -0.167. The van der Waals surface area contributed by atoms with Crippen LogP contribution in [0.1, 0.15) is 6.42 Å². The molecule has 0 unspecified atom stereocenters. The van der Waals surface area contributed by atoms with Gasteiger partial charge >= 0.3 is 11.9 Å². The second-order valence-corrected chi connectivity index (χ2v) is 3.45. The standard InChI is InChI=1S/C11H14FNO4/c1-16-10(14)7(11(15)17-2)4-3-5-13-9-6-8(9)12/h3-5,8-9,13H,6H2,1-2H3/b5-3+/t8-,9-/m1/s1. The molecule has 5 nitrogen and oxygen atoms in total. The van der Waals surface area contributed by atoms with Gasteiger partial charge in [-0.25, -0.2) is 14.0 Å². The number of hydrogen-bond acceptors (Lipinski definition) is 5. The first kappa shape index (κ1) is 13.2. The third-order valence-corrected chi connectivity index (χ3v) is 2.19. The summed E-state index contributed by atoms with van der Waals surface area (Å²) in [5.74, 6) is -1.56. The molecule has 94 valence electrons. The molecular weight excluding hydrogens is 229 g/mol. The van der Waals surface area contributed by atoms with Crippen LogP contribution in [0.3, 0.4) is 0 Å². The van der Waals surface area contributed by atoms with Crippen LogP contribution in [0, 0.1) is 0 Å². The summed E-state index contributed by atoms with van der Waals surface area (Å²) in [6.07, 6.45) is 3.81. The van der Waals surface area contributed by atoms with E-state index in [1.54, 1.807) is 0 Å². The van der Waals surface area contributed by atoms with E-state index in [9.17, 15) is 14.0 Å². The molecule has 0 aliphatic heterocycles. The van der Waals surface area contributed by atoms with Gasteiger partial charge in [0.05, 0.1) is 20.3 Å². The van der Waals surface area contributed by atoms with E-state index < -0.39 is 18.1 Å². The fourth-order valence-corrected chi connectivity index (χ4v) is 1.10. The molecule has 0 amide bonds. The number of rotatable bonds is 5. The van der Waals surface area contributed by atoms with Crippen LogP contribution in [0.25, 0.3) is 0 Å². The lowest BCUT2D eigenvalue weighted by atomic mass is 10.2. The molecular formula is C11H14FNO4. The molecule has 0 saturated heterocycles. The van der Waals surface area contributed by atoms with Gasteiger partial charge in [0.25, 0.3) is 0 Å². The summed E-state index contributed by atoms with van der Waals surface area (Å²) in [6.45, 7) is 0. The molecule has 1 fully saturated rings. The lowest BCUT2D eigenvalue weighted by molar-refractivity contribution is -0.144. The Labute approximate surface area is 98.3 Å². The molecule has 1 aliphatic rings. The van der Waals surface area contributed by atoms with Gasteiger partial charge in [-0.1, -0.05) is 0 Å². The van der Waals surface area contributed by atoms with Crippen molar-refractivity contribution in [1.82, 2.24) is 5.32 Å². The summed E-state index contributed by atoms with van der Waals surface area (Å²) < 4.78 is 21.3. The number of carbonyl (C=O) groups excluding carboxylic acids is 2. The number of esters is 2. The molecule has 0 bridgehead atoms. The maximum absolute atomic E-state index is 12.5. The number of nitrogens with one attached hydrogen (secondary N) is 1. The van der Waals surface area contributed by atoms with Crippen molar-refractivity contribution in [3.63, 3.8) is 0 Å². The van der Waals surface area contributed by atoms with Gasteiger partial charge in [-0.2, -0.15) is 0 Å². The molecule has 0 radical (unpaired) electrons. The quantitative estimate of drug-likeness (QED) is 0.250. The van der Waals surface area contributed by atoms with Gasteiger partial charge in [-0.05, 0) is 18.4 Å². The number of alkyl halides is 1. The van der Waals surface area contributed by atoms with E-state index in [2.05, 4.69) is 14.8 Å². The van der Waals surface area contributed by atoms with E-state index in [4.69, 9.17) is 0 Å². The fourth-order valence-electron chi connectivity index (χ4n) is 1.10. The maximum Gasteiger partial charge on any atom is 0.345 e. The molecule has 0 aromatic rings. The van der Waals surface area contributed by atoms with E-state index in [1.807, 2.05) is 0 Å². The number of hydrogen-bond donors (Lipinski definition) is 1. The van der Waals surface area contributed by atoms with Crippen LogP contribution < -0.4 is 5.32 Å². The van der Waals surface area contributed by atoms with Crippen LogP contribution in [-0.4, -0.2) is 38.4 Å². The van der Waals surface area contributed by atoms with E-state index in [0.717, 1.165) is 0 Å². The summed E-state index contributed by atoms with van der Waals surface area (Å²) >= 11 is 0. The van der Waals surface area contributed by atoms with Crippen LogP contribution in [0.4, 0.5) is 4.39 Å². The Morgan fingerprint density at radius 2 is 1.82 bits per heavy atom. The molecule has 1 N–H and O–H groups in total. The Morgan fingerprint density at radius 1 is 1.29 bits per heavy atom. The minimum absolute atomic E-state index is 0.167. The lowest BCUT2D eigenvalue weighted by Crippen LogP contribution is -2.15. The van der Waals surface area contributed by atoms with Crippen LogP contribution >= 0.6 is 0 Å². The first-order chi connectivity index (χ1) is 8.10. The van der Waals surface area contributed by atoms with Crippen LogP contribution in [0.2, 0.25) is 0 Å². The molecule has 1 aliphatic carbocycles. The highest BCUT2D eigenvalue weighted by atomic mass is 19.1. The molecule has 1 rings (SSSR count). The number of ether oxygens (including phenoxy) is 2. The Balaban J connectivity index is 2.56. The van der Waals surface area contributed by atoms with E-state index >= 15 is 0 Å². The second kappa shape index (κ2) is 6.03. The average molecular weight is 243 g/mol. The third kappa shape index (κ3) is 3.90. The van der Waals surface area contributed by atoms with Crippen molar-refractivity contribution in [1.29, 1.82) is 0 Å². The van der Waals surface area contributed by atoms with Crippen LogP contribution in [0.5, 0.6) is 0 Å². The first-order valence-corrected chi connectivity index (χ1v) is 5.03. The number of halogens is 1. The molecule has 1 saturated carbocycles. The van der Waals surface area contributed by atoms with Crippen molar-refractivity contribution < 1.29 is 23.5 Å². The predicted octanol–water partition coefficient (Wildman–Crippen LogP) is 0.472. The zero-order valence-corrected chi connectivity index (χ0v) is 9.60. The zero-order chi connectivity index (χ0) is 12.8. The molecule has 2 atom stereocenters. The van der Waals surface area contributed by atoms with Crippen molar-refractivity contribution in [3.05, 3.63) is 23.9 Å². The average Bonchev–Trinajstić information content (AvgIpc) is 3.03. The van der Waals surface area contributed by atoms with Crippen molar-refractivity contribution in [2.45, 2.75) is 18.6 Å². The monoisotopic (exact) mass is 243 g/mol. The molecule has 17 heavy (non-hydrogen) atoms. The number of carbonyl (C=O) groups is 2. The summed E-state index contributed by atoms with van der Waals surface area (Å²) in [7, 11) is 2.33. The minimum Gasteiger partial charge on any atom is -0.465 e. The summed E-state index contributed by atoms with van der Waals surface area (Å²) in [4.78, 5) is 22.4. The largest absolute Gasteiger partial charge is 0.465 e. The van der Waals surface area contributed by atoms with Gasteiger partial charge in [-0.3, -0.25) is 0 Å². The highest BCUT2D eigenvalue weighted by Gasteiger charge is 2.36. The Bertz CT molecular complexity index is 346. The molecule has 0 spiro atoms. The summed E-state index contributed by atoms with van der Waals surface area (Å²) in [5, 5.41) is 2.77. The SMILES string of the molecule is COC(=O)C(=C/C=C/N[C@@H]1C[C@H]1F)C(=O)OC. The van der Waals surface area contributed by atoms with Gasteiger partial charge in [0.2, 0.25) is 0 Å². The Morgan fingerprint density at radius 3 is 2.24 bits per heavy atom. The van der Waals surface area contributed by atoms with Gasteiger partial charge < -0.3 is 14.8 Å². The smallest absolute Gasteiger partial charge is 0.345 e. The second-order valence-electron chi connectivity index (χ2n) is 3.45. The van der Waals surface area contributed by atoms with Gasteiger partial charge in [0.15, 0.2) is 0 Å². The number of methoxy groups -OCH3 is 2. The van der Waals surface area contributed by atoms with Crippen molar-refractivity contribution in [3.8, 4) is 0 Å². The van der Waals surface area contributed by atoms with Crippen LogP contribution in [-0.2, 0) is 19.1 Å². The normalized spacial score (nSPS) is 21.8. The van der Waals surface area contributed by atoms with Crippen molar-refractivity contribution in [2.75, 3.05) is 14.2 Å². The molecule has 0 heterocycles. The minimum atomic E-state index is -0.815. The molecule has 0 aromatic carbocycles. The molecule has 0 aromatic heterocycles. The highest BCUT2D eigenvalue weighted by Crippen LogP contribution is 2.24. The third-order valence-electron chi connectivity index (χ3n) is 2.19. The van der Waals surface area contributed by atoms with Gasteiger partial charge in [0.1, 0.15) is 11.7 Å². The van der Waals surface area contributed by atoms with E-state index in [1.165, 1.54) is 32.6 Å². The van der Waals surface area contributed by atoms with Crippen LogP contribution in [0.15, 0.2) is 23.9 Å². The van der Waals surface area contributed by atoms with E-state index in [-0.39, 0.29) is 11.6 Å². The van der Waals surface area contributed by atoms with Gasteiger partial charge in [0, 0.05) is 6.42 Å².